The van der Waals surface area contributed by atoms with E-state index in [0.717, 1.165) is 11.3 Å². The van der Waals surface area contributed by atoms with Crippen LogP contribution < -0.4 is 11.1 Å². The van der Waals surface area contributed by atoms with E-state index in [1.54, 1.807) is 28.9 Å². The number of hydrogen-bond acceptors (Lipinski definition) is 4. The lowest BCUT2D eigenvalue weighted by Crippen LogP contribution is -2.13. The van der Waals surface area contributed by atoms with Crippen molar-refractivity contribution in [1.29, 1.82) is 0 Å². The van der Waals surface area contributed by atoms with Crippen LogP contribution in [0.1, 0.15) is 10.4 Å². The zero-order valence-electron chi connectivity index (χ0n) is 13.3. The van der Waals surface area contributed by atoms with E-state index in [2.05, 4.69) is 15.3 Å². The van der Waals surface area contributed by atoms with Gasteiger partial charge in [0.05, 0.1) is 18.1 Å². The highest BCUT2D eigenvalue weighted by Gasteiger charge is 2.10. The highest BCUT2D eigenvalue weighted by atomic mass is 16.1. The number of carbonyl (C=O) groups excluding carboxylic acids is 1. The van der Waals surface area contributed by atoms with E-state index < -0.39 is 0 Å². The third-order valence-corrected chi connectivity index (χ3v) is 3.88. The third-order valence-electron chi connectivity index (χ3n) is 3.88. The van der Waals surface area contributed by atoms with Gasteiger partial charge in [-0.05, 0) is 24.3 Å². The van der Waals surface area contributed by atoms with Crippen LogP contribution in [0.4, 0.5) is 11.5 Å². The molecule has 0 saturated carbocycles. The smallest absolute Gasteiger partial charge is 0.256 e. The lowest BCUT2D eigenvalue weighted by Gasteiger charge is -2.07. The molecule has 0 aliphatic rings. The minimum absolute atomic E-state index is 0.187. The number of amides is 1. The van der Waals surface area contributed by atoms with Gasteiger partial charge in [-0.25, -0.2) is 4.98 Å². The van der Waals surface area contributed by atoms with E-state index in [9.17, 15) is 4.79 Å². The molecule has 0 unspecified atom stereocenters. The topological polar surface area (TPSA) is 85.3 Å². The molecule has 0 aliphatic heterocycles. The maximum Gasteiger partial charge on any atom is 0.256 e. The van der Waals surface area contributed by atoms with Crippen molar-refractivity contribution in [3.8, 4) is 11.3 Å². The minimum Gasteiger partial charge on any atom is -0.399 e. The van der Waals surface area contributed by atoms with E-state index in [0.29, 0.717) is 22.7 Å². The van der Waals surface area contributed by atoms with Gasteiger partial charge >= 0.3 is 0 Å². The highest BCUT2D eigenvalue weighted by molar-refractivity contribution is 6.03. The number of anilines is 2. The first kappa shape index (κ1) is 14.9. The van der Waals surface area contributed by atoms with Crippen LogP contribution in [-0.2, 0) is 0 Å². The number of nitrogens with one attached hydrogen (secondary N) is 1. The van der Waals surface area contributed by atoms with Crippen LogP contribution in [0.15, 0.2) is 73.2 Å². The van der Waals surface area contributed by atoms with Gasteiger partial charge in [0.2, 0.25) is 0 Å². The van der Waals surface area contributed by atoms with Gasteiger partial charge < -0.3 is 11.1 Å². The normalized spacial score (nSPS) is 10.7. The van der Waals surface area contributed by atoms with E-state index >= 15 is 0 Å². The first-order valence-corrected chi connectivity index (χ1v) is 7.76. The van der Waals surface area contributed by atoms with Crippen LogP contribution in [0.2, 0.25) is 0 Å². The van der Waals surface area contributed by atoms with Crippen LogP contribution in [0.3, 0.4) is 0 Å². The van der Waals surface area contributed by atoms with Crippen molar-refractivity contribution in [2.75, 3.05) is 11.1 Å². The zero-order valence-corrected chi connectivity index (χ0v) is 13.3. The second kappa shape index (κ2) is 6.09. The van der Waals surface area contributed by atoms with Crippen molar-refractivity contribution in [2.45, 2.75) is 0 Å². The number of benzene rings is 2. The van der Waals surface area contributed by atoms with E-state index in [-0.39, 0.29) is 5.91 Å². The van der Waals surface area contributed by atoms with Gasteiger partial charge in [-0.2, -0.15) is 0 Å². The predicted molar refractivity (Wildman–Crippen MR) is 97.2 cm³/mol. The van der Waals surface area contributed by atoms with Crippen LogP contribution in [0.25, 0.3) is 16.9 Å². The molecule has 0 radical (unpaired) electrons. The molecule has 6 nitrogen and oxygen atoms in total. The molecule has 3 N–H and O–H groups in total. The molecule has 0 saturated heterocycles. The highest BCUT2D eigenvalue weighted by Crippen LogP contribution is 2.21. The van der Waals surface area contributed by atoms with Crippen molar-refractivity contribution in [3.05, 3.63) is 78.8 Å². The molecule has 1 amide bonds. The number of rotatable bonds is 3. The summed E-state index contributed by atoms with van der Waals surface area (Å²) in [5.41, 5.74) is 9.37. The molecule has 4 rings (SSSR count). The van der Waals surface area contributed by atoms with Gasteiger partial charge in [0.15, 0.2) is 5.65 Å². The van der Waals surface area contributed by atoms with Crippen molar-refractivity contribution >= 4 is 23.1 Å². The molecule has 6 heteroatoms. The Morgan fingerprint density at radius 1 is 0.960 bits per heavy atom. The number of nitrogens with two attached hydrogens (primary N) is 1. The summed E-state index contributed by atoms with van der Waals surface area (Å²) in [6.45, 7) is 0. The van der Waals surface area contributed by atoms with Gasteiger partial charge in [-0.3, -0.25) is 14.2 Å². The fourth-order valence-electron chi connectivity index (χ4n) is 2.56. The number of hydrogen-bond donors (Lipinski definition) is 2. The molecule has 0 bridgehead atoms. The average Bonchev–Trinajstić information content (AvgIpc) is 3.05. The molecule has 2 aromatic heterocycles. The molecular formula is C19H15N5O. The number of carbonyl (C=O) groups is 1. The second-order valence-corrected chi connectivity index (χ2v) is 5.59. The Hall–Kier alpha value is -3.67. The van der Waals surface area contributed by atoms with E-state index in [1.165, 1.54) is 0 Å². The largest absolute Gasteiger partial charge is 0.399 e. The zero-order chi connectivity index (χ0) is 17.2. The summed E-state index contributed by atoms with van der Waals surface area (Å²) in [5.74, 6) is 0.399. The van der Waals surface area contributed by atoms with E-state index in [1.807, 2.05) is 48.7 Å². The SMILES string of the molecule is Nc1ccc(-c2cn3c(NC(=O)c4ccccc4)cnc3cn2)cc1. The van der Waals surface area contributed by atoms with Crippen molar-refractivity contribution in [3.63, 3.8) is 0 Å². The molecule has 2 heterocycles. The summed E-state index contributed by atoms with van der Waals surface area (Å²) in [6.07, 6.45) is 5.13. The molecule has 0 spiro atoms. The predicted octanol–water partition coefficient (Wildman–Crippen LogP) is 3.23. The van der Waals surface area contributed by atoms with Crippen LogP contribution in [-0.4, -0.2) is 20.3 Å². The van der Waals surface area contributed by atoms with Gasteiger partial charge in [-0.15, -0.1) is 0 Å². The van der Waals surface area contributed by atoms with Gasteiger partial charge in [-0.1, -0.05) is 30.3 Å². The average molecular weight is 329 g/mol. The number of nitrogens with zero attached hydrogens (tertiary/aromatic N) is 3. The monoisotopic (exact) mass is 329 g/mol. The van der Waals surface area contributed by atoms with E-state index in [4.69, 9.17) is 5.73 Å². The molecule has 122 valence electrons. The van der Waals surface area contributed by atoms with Crippen molar-refractivity contribution in [1.82, 2.24) is 14.4 Å². The fourth-order valence-corrected chi connectivity index (χ4v) is 2.56. The summed E-state index contributed by atoms with van der Waals surface area (Å²) >= 11 is 0. The first-order valence-electron chi connectivity index (χ1n) is 7.76. The summed E-state index contributed by atoms with van der Waals surface area (Å²) in [4.78, 5) is 21.1. The number of nitrogen functional groups attached to an aromatic ring is 1. The Bertz CT molecular complexity index is 1040. The van der Waals surface area contributed by atoms with Crippen molar-refractivity contribution < 1.29 is 4.79 Å². The summed E-state index contributed by atoms with van der Waals surface area (Å²) in [5, 5.41) is 2.88. The summed E-state index contributed by atoms with van der Waals surface area (Å²) in [7, 11) is 0. The lowest BCUT2D eigenvalue weighted by atomic mass is 10.1. The minimum atomic E-state index is -0.187. The first-order chi connectivity index (χ1) is 12.2. The van der Waals surface area contributed by atoms with Gasteiger partial charge in [0.1, 0.15) is 5.82 Å². The van der Waals surface area contributed by atoms with Crippen LogP contribution in [0, 0.1) is 0 Å². The Kier molecular flexibility index (Phi) is 3.63. The lowest BCUT2D eigenvalue weighted by molar-refractivity contribution is 0.102. The third kappa shape index (κ3) is 2.92. The van der Waals surface area contributed by atoms with Gasteiger partial charge in [0, 0.05) is 23.0 Å². The molecular weight excluding hydrogens is 314 g/mol. The molecule has 0 atom stereocenters. The van der Waals surface area contributed by atoms with Crippen LogP contribution >= 0.6 is 0 Å². The molecule has 0 aliphatic carbocycles. The molecule has 4 aromatic rings. The maximum absolute atomic E-state index is 12.4. The van der Waals surface area contributed by atoms with Crippen molar-refractivity contribution in [2.24, 2.45) is 0 Å². The summed E-state index contributed by atoms with van der Waals surface area (Å²) < 4.78 is 1.81. The number of imidazole rings is 1. The second-order valence-electron chi connectivity index (χ2n) is 5.59. The Balaban J connectivity index is 1.69. The quantitative estimate of drug-likeness (QED) is 0.565. The Labute approximate surface area is 144 Å². The Morgan fingerprint density at radius 3 is 2.48 bits per heavy atom. The number of fused-ring (bicyclic) bond motifs is 1. The van der Waals surface area contributed by atoms with Crippen LogP contribution in [0.5, 0.6) is 0 Å². The standard InChI is InChI=1S/C19H15N5O/c20-15-8-6-13(7-9-15)16-12-24-17(10-21-16)22-11-18(24)23-19(25)14-4-2-1-3-5-14/h1-12H,20H2,(H,23,25). The molecule has 0 fully saturated rings. The summed E-state index contributed by atoms with van der Waals surface area (Å²) in [6, 6.07) is 16.5. The maximum atomic E-state index is 12.4. The fraction of sp³-hybridized carbons (Fsp3) is 0. The Morgan fingerprint density at radius 2 is 1.72 bits per heavy atom. The van der Waals surface area contributed by atoms with Gasteiger partial charge in [0.25, 0.3) is 5.91 Å². The number of aromatic nitrogens is 3. The molecule has 25 heavy (non-hydrogen) atoms. The molecule has 2 aromatic carbocycles.